The van der Waals surface area contributed by atoms with Crippen LogP contribution in [0.1, 0.15) is 19.0 Å². The lowest BCUT2D eigenvalue weighted by Crippen LogP contribution is -2.41. The summed E-state index contributed by atoms with van der Waals surface area (Å²) >= 11 is 0. The number of aliphatic carboxylic acids is 1. The number of carbonyl (C=O) groups is 2. The van der Waals surface area contributed by atoms with Crippen molar-refractivity contribution in [1.29, 1.82) is 0 Å². The van der Waals surface area contributed by atoms with Crippen LogP contribution in [0.5, 0.6) is 0 Å². The van der Waals surface area contributed by atoms with Crippen LogP contribution in [0, 0.1) is 0 Å². The van der Waals surface area contributed by atoms with Crippen molar-refractivity contribution in [3.8, 4) is 0 Å². The molecule has 0 fully saturated rings. The van der Waals surface area contributed by atoms with E-state index in [0.717, 1.165) is 5.69 Å². The topological polar surface area (TPSA) is 75.4 Å². The van der Waals surface area contributed by atoms with Gasteiger partial charge in [0, 0.05) is 26.4 Å². The lowest BCUT2D eigenvalue weighted by atomic mass is 10.2. The van der Waals surface area contributed by atoms with Gasteiger partial charge < -0.3 is 10.0 Å². The Bertz CT molecular complexity index is 465. The molecule has 1 aromatic heterocycles. The number of carbonyl (C=O) groups excluding carboxylic acids is 1. The Kier molecular flexibility index (Phi) is 4.65. The van der Waals surface area contributed by atoms with Gasteiger partial charge in [-0.1, -0.05) is 6.92 Å². The maximum absolute atomic E-state index is 11.8. The predicted octanol–water partition coefficient (Wildman–Crippen LogP) is 0.755. The summed E-state index contributed by atoms with van der Waals surface area (Å²) < 4.78 is 1.62. The first-order chi connectivity index (χ1) is 8.47. The first-order valence-corrected chi connectivity index (χ1v) is 5.63. The molecule has 0 aliphatic carbocycles. The number of hydrogen-bond donors (Lipinski definition) is 1. The van der Waals surface area contributed by atoms with Gasteiger partial charge in [0.05, 0.1) is 5.69 Å². The first kappa shape index (κ1) is 14.0. The van der Waals surface area contributed by atoms with Crippen molar-refractivity contribution in [2.75, 3.05) is 7.05 Å². The zero-order valence-corrected chi connectivity index (χ0v) is 10.7. The minimum Gasteiger partial charge on any atom is -0.480 e. The van der Waals surface area contributed by atoms with Gasteiger partial charge in [-0.05, 0) is 18.6 Å². The summed E-state index contributed by atoms with van der Waals surface area (Å²) in [6.45, 7) is 1.73. The summed E-state index contributed by atoms with van der Waals surface area (Å²) in [5.41, 5.74) is 0.778. The number of aryl methyl sites for hydroxylation is 1. The molecule has 0 spiro atoms. The third-order valence-electron chi connectivity index (χ3n) is 2.74. The fourth-order valence-electron chi connectivity index (χ4n) is 1.59. The highest BCUT2D eigenvalue weighted by Crippen LogP contribution is 2.05. The van der Waals surface area contributed by atoms with Gasteiger partial charge in [0.1, 0.15) is 6.04 Å². The number of nitrogens with zero attached hydrogens (tertiary/aromatic N) is 3. The molecule has 1 atom stereocenters. The van der Waals surface area contributed by atoms with Crippen molar-refractivity contribution < 1.29 is 14.7 Å². The summed E-state index contributed by atoms with van der Waals surface area (Å²) in [4.78, 5) is 23.9. The molecule has 1 unspecified atom stereocenters. The lowest BCUT2D eigenvalue weighted by molar-refractivity contribution is -0.147. The average molecular weight is 251 g/mol. The molecule has 6 nitrogen and oxygen atoms in total. The molecule has 0 aliphatic heterocycles. The number of amides is 1. The second kappa shape index (κ2) is 6.00. The highest BCUT2D eigenvalue weighted by molar-refractivity contribution is 5.94. The molecular formula is C12H17N3O3. The monoisotopic (exact) mass is 251 g/mol. The van der Waals surface area contributed by atoms with Crippen LogP contribution < -0.4 is 0 Å². The molecule has 0 saturated heterocycles. The van der Waals surface area contributed by atoms with Crippen molar-refractivity contribution in [2.45, 2.75) is 19.4 Å². The van der Waals surface area contributed by atoms with Crippen LogP contribution in [-0.2, 0) is 16.6 Å². The summed E-state index contributed by atoms with van der Waals surface area (Å²) in [7, 11) is 3.25. The summed E-state index contributed by atoms with van der Waals surface area (Å²) in [6, 6.07) is 0.965. The average Bonchev–Trinajstić information content (AvgIpc) is 2.72. The Morgan fingerprint density at radius 3 is 2.72 bits per heavy atom. The summed E-state index contributed by atoms with van der Waals surface area (Å²) in [6.07, 6.45) is 4.96. The molecule has 0 bridgehead atoms. The molecule has 0 aliphatic rings. The molecule has 0 saturated carbocycles. The molecule has 6 heteroatoms. The van der Waals surface area contributed by atoms with Crippen molar-refractivity contribution in [1.82, 2.24) is 14.7 Å². The molecular weight excluding hydrogens is 234 g/mol. The number of rotatable bonds is 5. The van der Waals surface area contributed by atoms with E-state index in [4.69, 9.17) is 5.11 Å². The van der Waals surface area contributed by atoms with Crippen molar-refractivity contribution in [2.24, 2.45) is 7.05 Å². The molecule has 1 rings (SSSR count). The number of likely N-dealkylation sites (N-methyl/N-ethyl adjacent to an activating group) is 1. The van der Waals surface area contributed by atoms with Crippen LogP contribution in [-0.4, -0.2) is 44.8 Å². The molecule has 0 aromatic carbocycles. The first-order valence-electron chi connectivity index (χ1n) is 5.63. The van der Waals surface area contributed by atoms with E-state index in [1.807, 2.05) is 0 Å². The van der Waals surface area contributed by atoms with Crippen LogP contribution >= 0.6 is 0 Å². The lowest BCUT2D eigenvalue weighted by Gasteiger charge is -2.22. The summed E-state index contributed by atoms with van der Waals surface area (Å²) in [5, 5.41) is 12.9. The maximum atomic E-state index is 11.8. The van der Waals surface area contributed by atoms with Gasteiger partial charge in [0.25, 0.3) is 0 Å². The molecule has 1 amide bonds. The Balaban J connectivity index is 2.73. The molecule has 98 valence electrons. The number of aromatic nitrogens is 2. The smallest absolute Gasteiger partial charge is 0.326 e. The quantitative estimate of drug-likeness (QED) is 0.784. The van der Waals surface area contributed by atoms with Gasteiger partial charge in [-0.15, -0.1) is 0 Å². The van der Waals surface area contributed by atoms with Gasteiger partial charge in [0.2, 0.25) is 5.91 Å². The molecule has 1 N–H and O–H groups in total. The SMILES string of the molecule is CCC(C(=O)O)N(C)C(=O)C=Cc1ccnn1C. The largest absolute Gasteiger partial charge is 0.480 e. The molecule has 1 aromatic rings. The van der Waals surface area contributed by atoms with Gasteiger partial charge >= 0.3 is 5.97 Å². The summed E-state index contributed by atoms with van der Waals surface area (Å²) in [5.74, 6) is -1.34. The molecule has 0 radical (unpaired) electrons. The third-order valence-corrected chi connectivity index (χ3v) is 2.74. The van der Waals surface area contributed by atoms with E-state index in [1.165, 1.54) is 18.0 Å². The van der Waals surface area contributed by atoms with E-state index in [9.17, 15) is 9.59 Å². The highest BCUT2D eigenvalue weighted by Gasteiger charge is 2.23. The van der Waals surface area contributed by atoms with Crippen LogP contribution in [0.25, 0.3) is 6.08 Å². The molecule has 18 heavy (non-hydrogen) atoms. The van der Waals surface area contributed by atoms with Crippen LogP contribution in [0.15, 0.2) is 18.3 Å². The van der Waals surface area contributed by atoms with Crippen LogP contribution in [0.2, 0.25) is 0 Å². The fourth-order valence-corrected chi connectivity index (χ4v) is 1.59. The van der Waals surface area contributed by atoms with Gasteiger partial charge in [0.15, 0.2) is 0 Å². The van der Waals surface area contributed by atoms with E-state index < -0.39 is 12.0 Å². The highest BCUT2D eigenvalue weighted by atomic mass is 16.4. The number of carboxylic acid groups (broad SMARTS) is 1. The van der Waals surface area contributed by atoms with Gasteiger partial charge in [-0.2, -0.15) is 5.10 Å². The zero-order valence-electron chi connectivity index (χ0n) is 10.7. The standard InChI is InChI=1S/C12H17N3O3/c1-4-10(12(17)18)14(2)11(16)6-5-9-7-8-13-15(9)3/h5-8,10H,4H2,1-3H3,(H,17,18). The third kappa shape index (κ3) is 3.19. The van der Waals surface area contributed by atoms with Gasteiger partial charge in [-0.3, -0.25) is 9.48 Å². The second-order valence-electron chi connectivity index (χ2n) is 3.92. The Morgan fingerprint density at radius 1 is 1.61 bits per heavy atom. The normalized spacial score (nSPS) is 12.6. The van der Waals surface area contributed by atoms with Crippen LogP contribution in [0.4, 0.5) is 0 Å². The zero-order chi connectivity index (χ0) is 13.7. The van der Waals surface area contributed by atoms with E-state index in [0.29, 0.717) is 6.42 Å². The van der Waals surface area contributed by atoms with E-state index in [2.05, 4.69) is 5.10 Å². The molecule has 1 heterocycles. The number of carboxylic acids is 1. The Hall–Kier alpha value is -2.11. The van der Waals surface area contributed by atoms with E-state index >= 15 is 0 Å². The Morgan fingerprint density at radius 2 is 2.28 bits per heavy atom. The minimum absolute atomic E-state index is 0.342. The predicted molar refractivity (Wildman–Crippen MR) is 66.7 cm³/mol. The van der Waals surface area contributed by atoms with Crippen molar-refractivity contribution in [3.05, 3.63) is 24.0 Å². The second-order valence-corrected chi connectivity index (χ2v) is 3.92. The van der Waals surface area contributed by atoms with E-state index in [-0.39, 0.29) is 5.91 Å². The van der Waals surface area contributed by atoms with E-state index in [1.54, 1.807) is 37.0 Å². The van der Waals surface area contributed by atoms with Crippen molar-refractivity contribution >= 4 is 18.0 Å². The fraction of sp³-hybridized carbons (Fsp3) is 0.417. The minimum atomic E-state index is -0.998. The number of hydrogen-bond acceptors (Lipinski definition) is 3. The van der Waals surface area contributed by atoms with Gasteiger partial charge in [-0.25, -0.2) is 4.79 Å². The Labute approximate surface area is 106 Å². The maximum Gasteiger partial charge on any atom is 0.326 e. The van der Waals surface area contributed by atoms with Crippen molar-refractivity contribution in [3.63, 3.8) is 0 Å². The van der Waals surface area contributed by atoms with Crippen LogP contribution in [0.3, 0.4) is 0 Å².